The van der Waals surface area contributed by atoms with Crippen molar-refractivity contribution in [2.45, 2.75) is 42.4 Å². The van der Waals surface area contributed by atoms with E-state index in [0.717, 1.165) is 28.7 Å². The van der Waals surface area contributed by atoms with Crippen LogP contribution in [0.5, 0.6) is 34.5 Å². The van der Waals surface area contributed by atoms with Gasteiger partial charge in [0, 0.05) is 70.0 Å². The minimum Gasteiger partial charge on any atom is -0.500 e. The van der Waals surface area contributed by atoms with Crippen LogP contribution in [-0.4, -0.2) is 39.3 Å². The molecular weight excluding hydrogens is 749 g/mol. The van der Waals surface area contributed by atoms with Crippen molar-refractivity contribution in [3.8, 4) is 34.5 Å². The first-order valence-electron chi connectivity index (χ1n) is 19.9. The molecule has 10 heteroatoms. The van der Waals surface area contributed by atoms with E-state index in [9.17, 15) is 9.90 Å². The van der Waals surface area contributed by atoms with Gasteiger partial charge in [0.15, 0.2) is 5.78 Å². The number of aliphatic hydroxyl groups is 1. The minimum absolute atomic E-state index is 0.267. The number of hydrogen-bond acceptors (Lipinski definition) is 10. The zero-order valence-corrected chi connectivity index (χ0v) is 33.0. The van der Waals surface area contributed by atoms with E-state index in [1.54, 1.807) is 34.5 Å². The van der Waals surface area contributed by atoms with E-state index in [2.05, 4.69) is 12.1 Å². The quantitative estimate of drug-likeness (QED) is 0.173. The topological polar surface area (TPSA) is 111 Å². The van der Waals surface area contributed by atoms with Crippen LogP contribution in [0.3, 0.4) is 0 Å². The fourth-order valence-electron chi connectivity index (χ4n) is 11.4. The smallest absolute Gasteiger partial charge is 0.281 e. The number of carbonyl (C=O) groups is 1. The highest BCUT2D eigenvalue weighted by atomic mass is 16.7. The molecular formula is C49H42O10. The van der Waals surface area contributed by atoms with Crippen LogP contribution in [0.15, 0.2) is 133 Å². The molecule has 2 fully saturated rings. The van der Waals surface area contributed by atoms with Gasteiger partial charge in [-0.3, -0.25) is 4.79 Å². The van der Waals surface area contributed by atoms with Crippen molar-refractivity contribution >= 4 is 5.78 Å². The van der Waals surface area contributed by atoms with E-state index in [-0.39, 0.29) is 11.9 Å². The first-order chi connectivity index (χ1) is 28.8. The number of hydrogen-bond donors (Lipinski definition) is 1. The summed E-state index contributed by atoms with van der Waals surface area (Å²) in [6, 6.07) is 34.9. The maximum atomic E-state index is 13.9. The number of allylic oxidation sites excluding steroid dienone is 2. The molecule has 1 spiro atoms. The lowest BCUT2D eigenvalue weighted by Crippen LogP contribution is -2.58. The minimum atomic E-state index is -2.04. The summed E-state index contributed by atoms with van der Waals surface area (Å²) in [5.41, 5.74) is 3.32. The highest BCUT2D eigenvalue weighted by Crippen LogP contribution is 2.83. The second-order valence-corrected chi connectivity index (χ2v) is 16.0. The van der Waals surface area contributed by atoms with Gasteiger partial charge in [-0.2, -0.15) is 0 Å². The van der Waals surface area contributed by atoms with Crippen molar-refractivity contribution < 1.29 is 47.8 Å². The van der Waals surface area contributed by atoms with Crippen LogP contribution in [0.25, 0.3) is 0 Å². The van der Waals surface area contributed by atoms with Crippen LogP contribution in [0.1, 0.15) is 57.7 Å². The van der Waals surface area contributed by atoms with Crippen LogP contribution in [0, 0.1) is 17.3 Å². The number of fused-ring (bicyclic) bond motifs is 6. The van der Waals surface area contributed by atoms with Crippen molar-refractivity contribution in [2.24, 2.45) is 17.3 Å². The second kappa shape index (κ2) is 12.8. The fourth-order valence-corrected chi connectivity index (χ4v) is 11.4. The summed E-state index contributed by atoms with van der Waals surface area (Å²) in [6.07, 6.45) is 4.18. The monoisotopic (exact) mass is 790 g/mol. The van der Waals surface area contributed by atoms with Crippen LogP contribution in [-0.2, 0) is 32.3 Å². The molecule has 59 heavy (non-hydrogen) atoms. The standard InChI is InChI=1S/C49H42O10/c1-52-31-24-35(54-3)40-36(25-31)57-48(51,28-16-10-6-11-17-28)46-42(40)44-43-41-37(26-34(53-2)32-20-21-33(56-45(32)41)27-14-8-5-9-15-27)58-49(44,29-18-12-7-13-19-29)59-39-23-30(50)22-38(55-4)47(39,43)46/h5-19,22-26,33,42-44,46,51H,20-21H2,1-4H3/t33-,42+,43+,44+,46+,47?,48+,49+/m0/s1. The van der Waals surface area contributed by atoms with E-state index in [4.69, 9.17) is 37.9 Å². The predicted octanol–water partition coefficient (Wildman–Crippen LogP) is 8.39. The van der Waals surface area contributed by atoms with E-state index in [1.165, 1.54) is 12.2 Å². The van der Waals surface area contributed by atoms with E-state index in [0.29, 0.717) is 63.6 Å². The number of methoxy groups -OCH3 is 4. The molecule has 1 saturated carbocycles. The molecule has 5 aromatic carbocycles. The molecule has 4 heterocycles. The number of carbonyl (C=O) groups excluding carboxylic acids is 1. The average molecular weight is 791 g/mol. The lowest BCUT2D eigenvalue weighted by atomic mass is 9.58. The zero-order chi connectivity index (χ0) is 40.3. The number of ketones is 1. The Balaban J connectivity index is 1.30. The molecule has 4 aliphatic heterocycles. The molecule has 0 aromatic heterocycles. The van der Waals surface area contributed by atoms with Gasteiger partial charge in [0.1, 0.15) is 57.5 Å². The number of rotatable bonds is 7. The molecule has 6 aliphatic rings. The molecule has 1 saturated heterocycles. The van der Waals surface area contributed by atoms with Crippen molar-refractivity contribution in [1.82, 2.24) is 0 Å². The molecule has 298 valence electrons. The van der Waals surface area contributed by atoms with E-state index in [1.807, 2.05) is 91.0 Å². The molecule has 4 bridgehead atoms. The lowest BCUT2D eigenvalue weighted by Gasteiger charge is -2.57. The maximum absolute atomic E-state index is 13.9. The largest absolute Gasteiger partial charge is 0.500 e. The highest BCUT2D eigenvalue weighted by molar-refractivity contribution is 6.02. The summed E-state index contributed by atoms with van der Waals surface area (Å²) >= 11 is 0. The number of benzene rings is 5. The van der Waals surface area contributed by atoms with Crippen LogP contribution in [0.4, 0.5) is 0 Å². The zero-order valence-electron chi connectivity index (χ0n) is 33.0. The first kappa shape index (κ1) is 35.7. The van der Waals surface area contributed by atoms with Gasteiger partial charge in [0.25, 0.3) is 5.79 Å². The Hall–Kier alpha value is -6.39. The summed E-state index contributed by atoms with van der Waals surface area (Å²) in [4.78, 5) is 13.9. The highest BCUT2D eigenvalue weighted by Gasteiger charge is 2.83. The van der Waals surface area contributed by atoms with Gasteiger partial charge in [0.05, 0.1) is 40.3 Å². The summed E-state index contributed by atoms with van der Waals surface area (Å²) in [5.74, 6) is -2.86. The van der Waals surface area contributed by atoms with Gasteiger partial charge in [-0.05, 0) is 18.4 Å². The molecule has 1 N–H and O–H groups in total. The normalized spacial score (nSPS) is 30.1. The Bertz CT molecular complexity index is 2590. The second-order valence-electron chi connectivity index (χ2n) is 16.0. The average Bonchev–Trinajstić information content (AvgIpc) is 3.54. The maximum Gasteiger partial charge on any atom is 0.281 e. The third kappa shape index (κ3) is 4.63. The summed E-state index contributed by atoms with van der Waals surface area (Å²) in [6.45, 7) is 0. The molecule has 0 radical (unpaired) electrons. The van der Waals surface area contributed by atoms with Crippen LogP contribution < -0.4 is 28.4 Å². The van der Waals surface area contributed by atoms with Gasteiger partial charge in [-0.15, -0.1) is 0 Å². The SMILES string of the molecule is COC1=CC(=O)C=C2O[C@@]3(c4ccccc4)Oc4cc(OC)c5c(c4[C@@H]4[C@H]3[C@H]3c6c(OC)cc(OC)cc6O[C@](O)(c6ccccc6)[C@H]3C124)O[C@H](c1ccccc1)CC5. The molecule has 2 aliphatic carbocycles. The van der Waals surface area contributed by atoms with Gasteiger partial charge in [0.2, 0.25) is 5.79 Å². The third-order valence-corrected chi connectivity index (χ3v) is 13.5. The van der Waals surface area contributed by atoms with Crippen molar-refractivity contribution in [3.63, 3.8) is 0 Å². The van der Waals surface area contributed by atoms with Crippen LogP contribution in [0.2, 0.25) is 0 Å². The Morgan fingerprint density at radius 1 is 0.695 bits per heavy atom. The Kier molecular flexibility index (Phi) is 7.76. The molecule has 10 nitrogen and oxygen atoms in total. The van der Waals surface area contributed by atoms with E-state index >= 15 is 0 Å². The third-order valence-electron chi connectivity index (χ3n) is 13.5. The molecule has 8 atom stereocenters. The lowest BCUT2D eigenvalue weighted by molar-refractivity contribution is -0.254. The van der Waals surface area contributed by atoms with Crippen molar-refractivity contribution in [3.05, 3.63) is 166 Å². The molecule has 1 unspecified atom stereocenters. The van der Waals surface area contributed by atoms with Crippen molar-refractivity contribution in [2.75, 3.05) is 28.4 Å². The van der Waals surface area contributed by atoms with Crippen LogP contribution >= 0.6 is 0 Å². The van der Waals surface area contributed by atoms with Gasteiger partial charge in [-0.1, -0.05) is 91.0 Å². The van der Waals surface area contributed by atoms with Gasteiger partial charge < -0.3 is 43.0 Å². The Morgan fingerprint density at radius 3 is 2.05 bits per heavy atom. The molecule has 11 rings (SSSR count). The fraction of sp³-hybridized carbons (Fsp3) is 0.286. The van der Waals surface area contributed by atoms with Gasteiger partial charge in [-0.25, -0.2) is 0 Å². The molecule has 5 aromatic rings. The molecule has 0 amide bonds. The first-order valence-corrected chi connectivity index (χ1v) is 19.9. The van der Waals surface area contributed by atoms with Crippen molar-refractivity contribution in [1.29, 1.82) is 0 Å². The Morgan fingerprint density at radius 2 is 1.37 bits per heavy atom. The summed E-state index contributed by atoms with van der Waals surface area (Å²) < 4.78 is 53.7. The van der Waals surface area contributed by atoms with E-state index < -0.39 is 40.7 Å². The summed E-state index contributed by atoms with van der Waals surface area (Å²) in [7, 11) is 6.41. The Labute approximate surface area is 341 Å². The summed E-state index contributed by atoms with van der Waals surface area (Å²) in [5, 5.41) is 13.8. The number of ether oxygens (including phenoxy) is 8. The van der Waals surface area contributed by atoms with Gasteiger partial charge >= 0.3 is 0 Å². The predicted molar refractivity (Wildman–Crippen MR) is 215 cm³/mol.